The molecule has 5 heterocycles. The van der Waals surface area contributed by atoms with Gasteiger partial charge in [-0.25, -0.2) is 25.0 Å². The smallest absolute Gasteiger partial charge is 0.164 e. The Kier molecular flexibility index (Phi) is 4.65. The van der Waals surface area contributed by atoms with Crippen LogP contribution in [0, 0.1) is 0 Å². The van der Waals surface area contributed by atoms with Gasteiger partial charge in [-0.2, -0.15) is 0 Å². The van der Waals surface area contributed by atoms with Gasteiger partial charge in [0, 0.05) is 48.3 Å². The molecule has 0 saturated heterocycles. The van der Waals surface area contributed by atoms with Gasteiger partial charge < -0.3 is 15.3 Å². The van der Waals surface area contributed by atoms with Crippen molar-refractivity contribution in [2.24, 2.45) is 25.0 Å². The molecule has 3 aliphatic rings. The van der Waals surface area contributed by atoms with E-state index in [1.54, 1.807) is 0 Å². The molecule has 0 spiro atoms. The number of rotatable bonds is 0. The van der Waals surface area contributed by atoms with Crippen molar-refractivity contribution in [2.75, 3.05) is 5.32 Å². The summed E-state index contributed by atoms with van der Waals surface area (Å²) in [5.74, 6) is 3.41. The summed E-state index contributed by atoms with van der Waals surface area (Å²) >= 11 is 3.63. The first-order chi connectivity index (χ1) is 20.2. The third-order valence-electron chi connectivity index (χ3n) is 7.73. The highest BCUT2D eigenvalue weighted by Gasteiger charge is 2.27. The lowest BCUT2D eigenvalue weighted by molar-refractivity contribution is 0.854. The van der Waals surface area contributed by atoms with Crippen LogP contribution in [0.25, 0.3) is 21.5 Å². The molecule has 9 rings (SSSR count). The van der Waals surface area contributed by atoms with Gasteiger partial charge in [0.05, 0.1) is 0 Å². The van der Waals surface area contributed by atoms with Gasteiger partial charge in [0.25, 0.3) is 0 Å². The zero-order valence-corrected chi connectivity index (χ0v) is 22.9. The Morgan fingerprint density at radius 2 is 1.24 bits per heavy atom. The summed E-state index contributed by atoms with van der Waals surface area (Å²) in [6, 6.07) is 30.6. The minimum atomic E-state index is -0.319. The number of aromatic nitrogens is 2. The highest BCUT2D eigenvalue weighted by molar-refractivity contribution is 9.10. The van der Waals surface area contributed by atoms with E-state index < -0.39 is 0 Å². The maximum Gasteiger partial charge on any atom is 0.164 e. The number of anilines is 1. The molecule has 6 aromatic rings. The van der Waals surface area contributed by atoms with Crippen LogP contribution in [0.1, 0.15) is 28.4 Å². The van der Waals surface area contributed by atoms with Gasteiger partial charge in [-0.1, -0.05) is 88.7 Å². The number of aliphatic imine (C=N–C) groups is 3. The maximum absolute atomic E-state index is 5.06. The van der Waals surface area contributed by atoms with Crippen LogP contribution >= 0.6 is 15.9 Å². The van der Waals surface area contributed by atoms with Crippen molar-refractivity contribution in [2.45, 2.75) is 6.17 Å². The summed E-state index contributed by atoms with van der Waals surface area (Å²) < 4.78 is 0.947. The second-order valence-electron chi connectivity index (χ2n) is 10.1. The molecule has 4 aromatic carbocycles. The summed E-state index contributed by atoms with van der Waals surface area (Å²) in [4.78, 5) is 32.2. The number of benzene rings is 4. The maximum atomic E-state index is 5.06. The molecule has 1 unspecified atom stereocenters. The Balaban J connectivity index is 1.40. The lowest BCUT2D eigenvalue weighted by atomic mass is 10.1. The largest absolute Gasteiger partial charge is 0.346 e. The highest BCUT2D eigenvalue weighted by atomic mass is 79.9. The van der Waals surface area contributed by atoms with E-state index in [2.05, 4.69) is 61.5 Å². The predicted molar refractivity (Wildman–Crippen MR) is 165 cm³/mol. The van der Waals surface area contributed by atoms with Crippen LogP contribution in [0.5, 0.6) is 0 Å². The van der Waals surface area contributed by atoms with Crippen molar-refractivity contribution in [3.63, 3.8) is 0 Å². The second-order valence-corrected chi connectivity index (χ2v) is 11.0. The third kappa shape index (κ3) is 3.42. The molecule has 41 heavy (non-hydrogen) atoms. The van der Waals surface area contributed by atoms with Crippen LogP contribution in [-0.4, -0.2) is 27.5 Å². The molecule has 9 heteroatoms. The van der Waals surface area contributed by atoms with Crippen molar-refractivity contribution in [1.29, 1.82) is 0 Å². The van der Waals surface area contributed by atoms with Crippen LogP contribution in [0.4, 0.5) is 11.6 Å². The molecule has 0 fully saturated rings. The molecule has 0 aliphatic carbocycles. The van der Waals surface area contributed by atoms with E-state index in [1.807, 2.05) is 60.7 Å². The molecule has 8 nitrogen and oxygen atoms in total. The number of nitrogens with zero attached hydrogens (tertiary/aromatic N) is 5. The van der Waals surface area contributed by atoms with E-state index >= 15 is 0 Å². The van der Waals surface area contributed by atoms with Crippen LogP contribution in [0.2, 0.25) is 0 Å². The molecule has 0 radical (unpaired) electrons. The summed E-state index contributed by atoms with van der Waals surface area (Å²) in [5, 5.41) is 7.58. The van der Waals surface area contributed by atoms with E-state index in [1.165, 1.54) is 0 Å². The molecule has 194 valence electrons. The number of nitrogens with one attached hydrogen (secondary N) is 3. The molecular formula is C32H19BrN8. The fourth-order valence-electron chi connectivity index (χ4n) is 5.82. The minimum Gasteiger partial charge on any atom is -0.346 e. The first-order valence-electron chi connectivity index (χ1n) is 13.3. The zero-order valence-electron chi connectivity index (χ0n) is 21.4. The van der Waals surface area contributed by atoms with Crippen molar-refractivity contribution in [3.05, 3.63) is 129 Å². The van der Waals surface area contributed by atoms with Gasteiger partial charge in [-0.05, 0) is 18.2 Å². The van der Waals surface area contributed by atoms with Gasteiger partial charge in [0.2, 0.25) is 0 Å². The lowest BCUT2D eigenvalue weighted by Crippen LogP contribution is -2.15. The number of halogens is 1. The Hall–Kier alpha value is -5.15. The van der Waals surface area contributed by atoms with E-state index in [9.17, 15) is 0 Å². The Bertz CT molecular complexity index is 2320. The number of fused-ring (bicyclic) bond motifs is 18. The molecule has 1 atom stereocenters. The van der Waals surface area contributed by atoms with Crippen LogP contribution in [-0.2, 0) is 0 Å². The van der Waals surface area contributed by atoms with E-state index in [-0.39, 0.29) is 6.17 Å². The minimum absolute atomic E-state index is 0.319. The van der Waals surface area contributed by atoms with Crippen molar-refractivity contribution >= 4 is 66.6 Å². The quantitative estimate of drug-likeness (QED) is 0.195. The highest BCUT2D eigenvalue weighted by Crippen LogP contribution is 2.38. The molecule has 0 amide bonds. The molecule has 3 N–H and O–H groups in total. The molecule has 3 aliphatic heterocycles. The monoisotopic (exact) mass is 594 g/mol. The third-order valence-corrected chi connectivity index (χ3v) is 8.22. The van der Waals surface area contributed by atoms with Crippen LogP contribution < -0.4 is 16.3 Å². The summed E-state index contributed by atoms with van der Waals surface area (Å²) in [6.07, 6.45) is -0.319. The van der Waals surface area contributed by atoms with Crippen LogP contribution in [0.15, 0.2) is 120 Å². The fourth-order valence-corrected chi connectivity index (χ4v) is 6.18. The van der Waals surface area contributed by atoms with Crippen molar-refractivity contribution in [1.82, 2.24) is 9.97 Å². The SMILES string of the molecule is Brc1ccc2c(c1)C1=N/C2=N\c2[nH]c(c3ccccc23)NC2N=C(N=c3[nH]c(c4ccccc34)=N1)c1ccccc12. The fraction of sp³-hybridized carbons (Fsp3) is 0.0312. The van der Waals surface area contributed by atoms with E-state index in [0.717, 1.165) is 59.9 Å². The van der Waals surface area contributed by atoms with Gasteiger partial charge in [-0.3, -0.25) is 0 Å². The average molecular weight is 595 g/mol. The molecule has 0 saturated carbocycles. The number of H-pyrrole nitrogens is 2. The first kappa shape index (κ1) is 22.6. The summed E-state index contributed by atoms with van der Waals surface area (Å²) in [6.45, 7) is 0. The lowest BCUT2D eigenvalue weighted by Gasteiger charge is -2.12. The molecule has 2 aromatic heterocycles. The van der Waals surface area contributed by atoms with Crippen molar-refractivity contribution < 1.29 is 0 Å². The Morgan fingerprint density at radius 1 is 0.561 bits per heavy atom. The topological polar surface area (TPSA) is 105 Å². The standard InChI is InChI=1S/C32H19BrN8/c33-16-13-14-23-24(15-16)32-40-30-22-12-6-5-11-21(22)28(38-30)36-26-18-8-2-1-7-17(18)25(34-26)35-27-19-9-3-4-10-20(19)29(37-27)39-31(23)41-32/h1-15,25,35,37H,(H,34,36,38,39,40,41). The van der Waals surface area contributed by atoms with Gasteiger partial charge in [0.15, 0.2) is 17.5 Å². The summed E-state index contributed by atoms with van der Waals surface area (Å²) in [5.41, 5.74) is 5.27. The average Bonchev–Trinajstić information content (AvgIpc) is 3.72. The van der Waals surface area contributed by atoms with Gasteiger partial charge in [-0.15, -0.1) is 0 Å². The Labute approximate surface area is 241 Å². The molecule has 8 bridgehead atoms. The molecular weight excluding hydrogens is 576 g/mol. The number of amidine groups is 3. The van der Waals surface area contributed by atoms with Gasteiger partial charge >= 0.3 is 0 Å². The predicted octanol–water partition coefficient (Wildman–Crippen LogP) is 6.07. The van der Waals surface area contributed by atoms with E-state index in [4.69, 9.17) is 25.0 Å². The first-order valence-corrected chi connectivity index (χ1v) is 14.1. The zero-order chi connectivity index (χ0) is 27.1. The van der Waals surface area contributed by atoms with Crippen molar-refractivity contribution in [3.8, 4) is 0 Å². The summed E-state index contributed by atoms with van der Waals surface area (Å²) in [7, 11) is 0. The number of hydrogen-bond donors (Lipinski definition) is 3. The number of aromatic amines is 2. The normalized spacial score (nSPS) is 18.0. The number of hydrogen-bond acceptors (Lipinski definition) is 6. The van der Waals surface area contributed by atoms with E-state index in [0.29, 0.717) is 28.5 Å². The van der Waals surface area contributed by atoms with Crippen LogP contribution in [0.3, 0.4) is 0 Å². The Morgan fingerprint density at radius 3 is 2.07 bits per heavy atom. The van der Waals surface area contributed by atoms with Gasteiger partial charge in [0.1, 0.15) is 28.8 Å². The second kappa shape index (κ2) is 8.42.